The molecule has 1 aliphatic rings. The van der Waals surface area contributed by atoms with Crippen LogP contribution in [0.4, 0.5) is 5.69 Å². The van der Waals surface area contributed by atoms with E-state index in [1.807, 2.05) is 25.1 Å². The number of hydrogen-bond donors (Lipinski definition) is 1. The fraction of sp³-hybridized carbons (Fsp3) is 0.312. The summed E-state index contributed by atoms with van der Waals surface area (Å²) in [6.45, 7) is 2.23. The van der Waals surface area contributed by atoms with Crippen LogP contribution in [0.2, 0.25) is 0 Å². The van der Waals surface area contributed by atoms with Crippen molar-refractivity contribution in [2.75, 3.05) is 25.1 Å². The minimum Gasteiger partial charge on any atom is -0.482 e. The van der Waals surface area contributed by atoms with E-state index in [4.69, 9.17) is 4.74 Å². The molecular weight excluding hydrogens is 296 g/mol. The number of aromatic amines is 1. The predicted octanol–water partition coefficient (Wildman–Crippen LogP) is 1.10. The van der Waals surface area contributed by atoms with Crippen LogP contribution in [0.15, 0.2) is 30.6 Å². The summed E-state index contributed by atoms with van der Waals surface area (Å²) in [5.41, 5.74) is 1.64. The number of hydrogen-bond acceptors (Lipinski definition) is 4. The van der Waals surface area contributed by atoms with Gasteiger partial charge in [0.25, 0.3) is 5.91 Å². The highest BCUT2D eigenvalue weighted by Gasteiger charge is 2.28. The Morgan fingerprint density at radius 1 is 1.48 bits per heavy atom. The number of carbonyl (C=O) groups is 2. The number of anilines is 1. The van der Waals surface area contributed by atoms with Crippen LogP contribution in [0.3, 0.4) is 0 Å². The van der Waals surface area contributed by atoms with Crippen molar-refractivity contribution in [1.82, 2.24) is 14.9 Å². The van der Waals surface area contributed by atoms with Gasteiger partial charge in [-0.15, -0.1) is 0 Å². The van der Waals surface area contributed by atoms with Gasteiger partial charge >= 0.3 is 0 Å². The minimum absolute atomic E-state index is 0.0180. The van der Waals surface area contributed by atoms with Crippen molar-refractivity contribution in [2.45, 2.75) is 13.5 Å². The number of fused-ring (bicyclic) bond motifs is 1. The van der Waals surface area contributed by atoms with E-state index >= 15 is 0 Å². The Balaban J connectivity index is 1.75. The van der Waals surface area contributed by atoms with E-state index in [-0.39, 0.29) is 25.0 Å². The molecule has 1 aromatic carbocycles. The van der Waals surface area contributed by atoms with Crippen LogP contribution in [0, 0.1) is 6.92 Å². The van der Waals surface area contributed by atoms with E-state index in [1.54, 1.807) is 19.4 Å². The Morgan fingerprint density at radius 3 is 3.04 bits per heavy atom. The first kappa shape index (κ1) is 15.1. The number of nitrogens with one attached hydrogen (secondary N) is 1. The topological polar surface area (TPSA) is 78.5 Å². The summed E-state index contributed by atoms with van der Waals surface area (Å²) in [6, 6.07) is 5.59. The summed E-state index contributed by atoms with van der Waals surface area (Å²) >= 11 is 0. The first-order valence-corrected chi connectivity index (χ1v) is 7.30. The average Bonchev–Trinajstić information content (AvgIpc) is 3.03. The van der Waals surface area contributed by atoms with Crippen LogP contribution >= 0.6 is 0 Å². The van der Waals surface area contributed by atoms with Crippen molar-refractivity contribution in [3.63, 3.8) is 0 Å². The van der Waals surface area contributed by atoms with Crippen LogP contribution < -0.4 is 9.64 Å². The quantitative estimate of drug-likeness (QED) is 0.916. The summed E-state index contributed by atoms with van der Waals surface area (Å²) < 4.78 is 5.42. The molecule has 23 heavy (non-hydrogen) atoms. The number of aromatic nitrogens is 2. The molecule has 3 rings (SSSR count). The maximum absolute atomic E-state index is 12.4. The van der Waals surface area contributed by atoms with Gasteiger partial charge in [0.05, 0.1) is 12.2 Å². The van der Waals surface area contributed by atoms with Crippen LogP contribution in [0.25, 0.3) is 0 Å². The van der Waals surface area contributed by atoms with Gasteiger partial charge < -0.3 is 14.6 Å². The second kappa shape index (κ2) is 6.12. The molecule has 1 N–H and O–H groups in total. The molecule has 0 spiro atoms. The van der Waals surface area contributed by atoms with Crippen molar-refractivity contribution < 1.29 is 14.3 Å². The Morgan fingerprint density at radius 2 is 2.30 bits per heavy atom. The van der Waals surface area contributed by atoms with Crippen molar-refractivity contribution in [3.05, 3.63) is 42.0 Å². The maximum Gasteiger partial charge on any atom is 0.265 e. The molecule has 0 bridgehead atoms. The summed E-state index contributed by atoms with van der Waals surface area (Å²) in [5, 5.41) is 0. The molecule has 1 aromatic heterocycles. The molecule has 120 valence electrons. The number of imidazole rings is 1. The zero-order valence-electron chi connectivity index (χ0n) is 13.1. The highest BCUT2D eigenvalue weighted by atomic mass is 16.5. The van der Waals surface area contributed by atoms with Gasteiger partial charge in [-0.1, -0.05) is 6.07 Å². The zero-order chi connectivity index (χ0) is 16.4. The molecule has 1 aliphatic heterocycles. The third kappa shape index (κ3) is 3.18. The molecule has 7 heteroatoms. The highest BCUT2D eigenvalue weighted by molar-refractivity contribution is 6.02. The monoisotopic (exact) mass is 314 g/mol. The fourth-order valence-electron chi connectivity index (χ4n) is 2.44. The summed E-state index contributed by atoms with van der Waals surface area (Å²) in [4.78, 5) is 34.7. The van der Waals surface area contributed by atoms with E-state index in [2.05, 4.69) is 9.97 Å². The standard InChI is InChI=1S/C16H18N4O3/c1-11-3-4-13-12(7-11)20(16(22)10-23-13)9-15(21)19(2)8-14-17-5-6-18-14/h3-7H,8-10H2,1-2H3,(H,17,18). The molecule has 0 atom stereocenters. The Labute approximate surface area is 133 Å². The molecule has 0 fully saturated rings. The summed E-state index contributed by atoms with van der Waals surface area (Å²) in [6.07, 6.45) is 3.34. The van der Waals surface area contributed by atoms with Crippen LogP contribution in [-0.2, 0) is 16.1 Å². The third-order valence-electron chi connectivity index (χ3n) is 3.72. The van der Waals surface area contributed by atoms with Gasteiger partial charge in [0, 0.05) is 19.4 Å². The lowest BCUT2D eigenvalue weighted by Gasteiger charge is -2.30. The van der Waals surface area contributed by atoms with Crippen molar-refractivity contribution in [3.8, 4) is 5.75 Å². The largest absolute Gasteiger partial charge is 0.482 e. The fourth-order valence-corrected chi connectivity index (χ4v) is 2.44. The van der Waals surface area contributed by atoms with Crippen LogP contribution in [0.5, 0.6) is 5.75 Å². The smallest absolute Gasteiger partial charge is 0.265 e. The summed E-state index contributed by atoms with van der Waals surface area (Å²) in [7, 11) is 1.69. The lowest BCUT2D eigenvalue weighted by Crippen LogP contribution is -2.45. The lowest BCUT2D eigenvalue weighted by molar-refractivity contribution is -0.131. The molecule has 2 aromatic rings. The number of carbonyl (C=O) groups excluding carboxylic acids is 2. The molecule has 7 nitrogen and oxygen atoms in total. The highest BCUT2D eigenvalue weighted by Crippen LogP contribution is 2.32. The van der Waals surface area contributed by atoms with E-state index in [0.717, 1.165) is 5.56 Å². The number of likely N-dealkylation sites (N-methyl/N-ethyl adjacent to an activating group) is 1. The average molecular weight is 314 g/mol. The molecular formula is C16H18N4O3. The third-order valence-corrected chi connectivity index (χ3v) is 3.72. The van der Waals surface area contributed by atoms with Gasteiger partial charge in [-0.25, -0.2) is 4.98 Å². The van der Waals surface area contributed by atoms with Crippen LogP contribution in [0.1, 0.15) is 11.4 Å². The molecule has 2 heterocycles. The Bertz CT molecular complexity index is 727. The van der Waals surface area contributed by atoms with E-state index < -0.39 is 0 Å². The number of amides is 2. The van der Waals surface area contributed by atoms with Gasteiger partial charge in [-0.3, -0.25) is 14.5 Å². The van der Waals surface area contributed by atoms with Crippen molar-refractivity contribution >= 4 is 17.5 Å². The molecule has 0 radical (unpaired) electrons. The predicted molar refractivity (Wildman–Crippen MR) is 84.1 cm³/mol. The second-order valence-electron chi connectivity index (χ2n) is 5.53. The van der Waals surface area contributed by atoms with Gasteiger partial charge in [-0.05, 0) is 24.6 Å². The van der Waals surface area contributed by atoms with Crippen molar-refractivity contribution in [1.29, 1.82) is 0 Å². The van der Waals surface area contributed by atoms with E-state index in [1.165, 1.54) is 9.80 Å². The summed E-state index contributed by atoms with van der Waals surface area (Å²) in [5.74, 6) is 0.939. The van der Waals surface area contributed by atoms with E-state index in [9.17, 15) is 9.59 Å². The molecule has 0 saturated carbocycles. The van der Waals surface area contributed by atoms with Gasteiger partial charge in [-0.2, -0.15) is 0 Å². The van der Waals surface area contributed by atoms with Gasteiger partial charge in [0.2, 0.25) is 5.91 Å². The number of nitrogens with zero attached hydrogens (tertiary/aromatic N) is 3. The SMILES string of the molecule is Cc1ccc2c(c1)N(CC(=O)N(C)Cc1ncc[nH]1)C(=O)CO2. The first-order chi connectivity index (χ1) is 11.0. The number of H-pyrrole nitrogens is 1. The Kier molecular flexibility index (Phi) is 4.01. The lowest BCUT2D eigenvalue weighted by atomic mass is 10.1. The number of aryl methyl sites for hydroxylation is 1. The number of rotatable bonds is 4. The molecule has 2 amide bonds. The molecule has 0 unspecified atom stereocenters. The zero-order valence-corrected chi connectivity index (χ0v) is 13.1. The molecule has 0 saturated heterocycles. The minimum atomic E-state index is -0.220. The molecule has 0 aliphatic carbocycles. The number of ether oxygens (including phenoxy) is 1. The van der Waals surface area contributed by atoms with Gasteiger partial charge in [0.1, 0.15) is 18.1 Å². The normalized spacial score (nSPS) is 13.5. The first-order valence-electron chi connectivity index (χ1n) is 7.30. The van der Waals surface area contributed by atoms with E-state index in [0.29, 0.717) is 23.8 Å². The van der Waals surface area contributed by atoms with Crippen LogP contribution in [-0.4, -0.2) is 46.9 Å². The Hall–Kier alpha value is -2.83. The second-order valence-corrected chi connectivity index (χ2v) is 5.53. The van der Waals surface area contributed by atoms with Gasteiger partial charge in [0.15, 0.2) is 6.61 Å². The number of benzene rings is 1. The maximum atomic E-state index is 12.4. The van der Waals surface area contributed by atoms with Crippen molar-refractivity contribution in [2.24, 2.45) is 0 Å².